The molecule has 3 aromatic rings. The van der Waals surface area contributed by atoms with Gasteiger partial charge in [-0.25, -0.2) is 14.7 Å². The van der Waals surface area contributed by atoms with E-state index in [1.807, 2.05) is 24.3 Å². The Labute approximate surface area is 148 Å². The first-order valence-corrected chi connectivity index (χ1v) is 8.59. The minimum Gasteiger partial charge on any atom is -0.486 e. The number of urea groups is 1. The van der Waals surface area contributed by atoms with Crippen LogP contribution in [0.3, 0.4) is 0 Å². The number of likely N-dealkylation sites (N-methyl/N-ethyl adjacent to an activating group) is 1. The van der Waals surface area contributed by atoms with E-state index in [1.54, 1.807) is 42.6 Å². The zero-order chi connectivity index (χ0) is 17.4. The molecule has 1 saturated heterocycles. The lowest BCUT2D eigenvalue weighted by Gasteiger charge is -2.14. The number of nitrogens with zero attached hydrogens (tertiary/aromatic N) is 3. The fourth-order valence-corrected chi connectivity index (χ4v) is 3.57. The van der Waals surface area contributed by atoms with E-state index in [0.29, 0.717) is 18.0 Å². The van der Waals surface area contributed by atoms with Crippen molar-refractivity contribution in [2.45, 2.75) is 6.61 Å². The van der Waals surface area contributed by atoms with Crippen LogP contribution in [-0.4, -0.2) is 35.4 Å². The minimum absolute atomic E-state index is 0.106. The maximum atomic E-state index is 12.0. The highest BCUT2D eigenvalue weighted by Crippen LogP contribution is 2.25. The normalized spacial score (nSPS) is 14.6. The second kappa shape index (κ2) is 6.18. The van der Waals surface area contributed by atoms with Crippen LogP contribution >= 0.6 is 11.3 Å². The molecule has 6 nitrogen and oxygen atoms in total. The Balaban J connectivity index is 1.45. The lowest BCUT2D eigenvalue weighted by Crippen LogP contribution is -2.31. The second-order valence-corrected chi connectivity index (χ2v) is 6.84. The van der Waals surface area contributed by atoms with Gasteiger partial charge >= 0.3 is 6.03 Å². The van der Waals surface area contributed by atoms with Crippen LogP contribution in [0, 0.1) is 0 Å². The van der Waals surface area contributed by atoms with Gasteiger partial charge in [0.25, 0.3) is 5.91 Å². The molecule has 1 aliphatic rings. The molecule has 0 bridgehead atoms. The van der Waals surface area contributed by atoms with E-state index >= 15 is 0 Å². The predicted octanol–water partition coefficient (Wildman–Crippen LogP) is 3.27. The van der Waals surface area contributed by atoms with E-state index in [9.17, 15) is 9.59 Å². The molecule has 4 rings (SSSR count). The summed E-state index contributed by atoms with van der Waals surface area (Å²) in [7, 11) is 1.61. The molecule has 25 heavy (non-hydrogen) atoms. The quantitative estimate of drug-likeness (QED) is 0.675. The standard InChI is InChI=1S/C18H15N3O3S/c1-20-10-17(22)21(18(20)23)12-6-8-13(9-7-12)24-11-16-19-14-4-2-3-5-15(14)25-16/h2-9H,10-11H2,1H3. The van der Waals surface area contributed by atoms with Gasteiger partial charge in [-0.2, -0.15) is 0 Å². The van der Waals surface area contributed by atoms with Crippen LogP contribution < -0.4 is 9.64 Å². The molecule has 126 valence electrons. The molecule has 2 aromatic carbocycles. The summed E-state index contributed by atoms with van der Waals surface area (Å²) < 4.78 is 6.89. The molecule has 0 N–H and O–H groups in total. The summed E-state index contributed by atoms with van der Waals surface area (Å²) in [4.78, 5) is 31.0. The number of thiazole rings is 1. The Hall–Kier alpha value is -2.93. The number of rotatable bonds is 4. The van der Waals surface area contributed by atoms with Crippen molar-refractivity contribution < 1.29 is 14.3 Å². The molecule has 0 aliphatic carbocycles. The molecular formula is C18H15N3O3S. The fraction of sp³-hybridized carbons (Fsp3) is 0.167. The summed E-state index contributed by atoms with van der Waals surface area (Å²) in [5.74, 6) is 0.436. The number of ether oxygens (including phenoxy) is 1. The Bertz CT molecular complexity index is 919. The molecule has 0 spiro atoms. The van der Waals surface area contributed by atoms with Gasteiger partial charge < -0.3 is 9.64 Å². The summed E-state index contributed by atoms with van der Waals surface area (Å²) in [6.07, 6.45) is 0. The van der Waals surface area contributed by atoms with Crippen LogP contribution in [0.15, 0.2) is 48.5 Å². The molecule has 0 unspecified atom stereocenters. The summed E-state index contributed by atoms with van der Waals surface area (Å²) in [5.41, 5.74) is 1.52. The number of imide groups is 1. The number of anilines is 1. The SMILES string of the molecule is CN1CC(=O)N(c2ccc(OCc3nc4ccccc4s3)cc2)C1=O. The smallest absolute Gasteiger partial charge is 0.331 e. The highest BCUT2D eigenvalue weighted by Gasteiger charge is 2.34. The Morgan fingerprint density at radius 2 is 1.88 bits per heavy atom. The van der Waals surface area contributed by atoms with Crippen molar-refractivity contribution in [3.63, 3.8) is 0 Å². The summed E-state index contributed by atoms with van der Waals surface area (Å²) in [5, 5.41) is 0.900. The maximum absolute atomic E-state index is 12.0. The molecule has 1 aromatic heterocycles. The van der Waals surface area contributed by atoms with E-state index < -0.39 is 0 Å². The van der Waals surface area contributed by atoms with Crippen molar-refractivity contribution in [3.8, 4) is 5.75 Å². The van der Waals surface area contributed by atoms with E-state index in [-0.39, 0.29) is 18.5 Å². The molecular weight excluding hydrogens is 338 g/mol. The third kappa shape index (κ3) is 2.94. The van der Waals surface area contributed by atoms with Crippen LogP contribution in [0.5, 0.6) is 5.75 Å². The third-order valence-electron chi connectivity index (χ3n) is 3.94. The van der Waals surface area contributed by atoms with Crippen LogP contribution in [0.25, 0.3) is 10.2 Å². The van der Waals surface area contributed by atoms with Crippen molar-refractivity contribution in [2.24, 2.45) is 0 Å². The lowest BCUT2D eigenvalue weighted by atomic mass is 10.3. The van der Waals surface area contributed by atoms with Gasteiger partial charge in [-0.1, -0.05) is 12.1 Å². The molecule has 2 heterocycles. The van der Waals surface area contributed by atoms with Gasteiger partial charge in [-0.05, 0) is 36.4 Å². The van der Waals surface area contributed by atoms with Crippen molar-refractivity contribution in [3.05, 3.63) is 53.5 Å². The fourth-order valence-electron chi connectivity index (χ4n) is 2.69. The Morgan fingerprint density at radius 3 is 2.56 bits per heavy atom. The highest BCUT2D eigenvalue weighted by molar-refractivity contribution is 7.18. The van der Waals surface area contributed by atoms with Gasteiger partial charge in [0.15, 0.2) is 0 Å². The van der Waals surface area contributed by atoms with Gasteiger partial charge in [0.2, 0.25) is 0 Å². The number of fused-ring (bicyclic) bond motifs is 1. The summed E-state index contributed by atoms with van der Waals surface area (Å²) >= 11 is 1.60. The molecule has 1 aliphatic heterocycles. The lowest BCUT2D eigenvalue weighted by molar-refractivity contribution is -0.116. The van der Waals surface area contributed by atoms with E-state index in [2.05, 4.69) is 4.98 Å². The van der Waals surface area contributed by atoms with Crippen LogP contribution in [0.2, 0.25) is 0 Å². The number of para-hydroxylation sites is 1. The Morgan fingerprint density at radius 1 is 1.12 bits per heavy atom. The zero-order valence-corrected chi connectivity index (χ0v) is 14.3. The number of hydrogen-bond acceptors (Lipinski definition) is 5. The van der Waals surface area contributed by atoms with Gasteiger partial charge in [0.1, 0.15) is 23.9 Å². The van der Waals surface area contributed by atoms with Crippen molar-refractivity contribution in [2.75, 3.05) is 18.5 Å². The van der Waals surface area contributed by atoms with Crippen LogP contribution in [-0.2, 0) is 11.4 Å². The molecule has 7 heteroatoms. The van der Waals surface area contributed by atoms with Gasteiger partial charge in [0, 0.05) is 7.05 Å². The predicted molar refractivity (Wildman–Crippen MR) is 95.9 cm³/mol. The van der Waals surface area contributed by atoms with Crippen LogP contribution in [0.4, 0.5) is 10.5 Å². The maximum Gasteiger partial charge on any atom is 0.331 e. The Kier molecular flexibility index (Phi) is 3.85. The minimum atomic E-state index is -0.312. The first-order chi connectivity index (χ1) is 12.1. The second-order valence-electron chi connectivity index (χ2n) is 5.73. The first kappa shape index (κ1) is 15.6. The largest absolute Gasteiger partial charge is 0.486 e. The molecule has 0 radical (unpaired) electrons. The number of amides is 3. The number of carbonyl (C=O) groups excluding carboxylic acids is 2. The van der Waals surface area contributed by atoms with Gasteiger partial charge in [-0.3, -0.25) is 4.79 Å². The average Bonchev–Trinajstić information content (AvgIpc) is 3.14. The number of benzene rings is 2. The number of aromatic nitrogens is 1. The molecule has 3 amide bonds. The van der Waals surface area contributed by atoms with E-state index in [4.69, 9.17) is 4.74 Å². The molecule has 0 saturated carbocycles. The van der Waals surface area contributed by atoms with Crippen LogP contribution in [0.1, 0.15) is 5.01 Å². The molecule has 0 atom stereocenters. The van der Waals surface area contributed by atoms with E-state index in [0.717, 1.165) is 15.2 Å². The highest BCUT2D eigenvalue weighted by atomic mass is 32.1. The summed E-state index contributed by atoms with van der Waals surface area (Å²) in [6.45, 7) is 0.484. The summed E-state index contributed by atoms with van der Waals surface area (Å²) in [6, 6.07) is 14.6. The molecule has 1 fully saturated rings. The third-order valence-corrected chi connectivity index (χ3v) is 4.94. The van der Waals surface area contributed by atoms with Gasteiger partial charge in [-0.15, -0.1) is 11.3 Å². The van der Waals surface area contributed by atoms with Crippen molar-refractivity contribution in [1.82, 2.24) is 9.88 Å². The average molecular weight is 353 g/mol. The monoisotopic (exact) mass is 353 g/mol. The first-order valence-electron chi connectivity index (χ1n) is 7.77. The topological polar surface area (TPSA) is 62.7 Å². The number of carbonyl (C=O) groups is 2. The van der Waals surface area contributed by atoms with Crippen molar-refractivity contribution >= 4 is 39.2 Å². The zero-order valence-electron chi connectivity index (χ0n) is 13.5. The van der Waals surface area contributed by atoms with E-state index in [1.165, 1.54) is 9.80 Å². The number of hydrogen-bond donors (Lipinski definition) is 0. The van der Waals surface area contributed by atoms with Gasteiger partial charge in [0.05, 0.1) is 15.9 Å². The van der Waals surface area contributed by atoms with Crippen molar-refractivity contribution in [1.29, 1.82) is 0 Å².